The predicted molar refractivity (Wildman–Crippen MR) is 97.3 cm³/mol. The second-order valence-electron chi connectivity index (χ2n) is 5.09. The smallest absolute Gasteiger partial charge is 0.270 e. The zero-order chi connectivity index (χ0) is 19.8. The highest BCUT2D eigenvalue weighted by Gasteiger charge is 2.12. The van der Waals surface area contributed by atoms with Gasteiger partial charge in [-0.1, -0.05) is 6.07 Å². The fourth-order valence-electron chi connectivity index (χ4n) is 1.84. The van der Waals surface area contributed by atoms with Gasteiger partial charge in [-0.2, -0.15) is 0 Å². The fraction of sp³-hybridized carbons (Fsp3) is 0. The van der Waals surface area contributed by atoms with Crippen molar-refractivity contribution in [3.63, 3.8) is 0 Å². The van der Waals surface area contributed by atoms with Crippen molar-refractivity contribution >= 4 is 23.0 Å². The minimum absolute atomic E-state index is 0.0347. The third-order valence-electron chi connectivity index (χ3n) is 3.20. The molecule has 0 fully saturated rings. The highest BCUT2D eigenvalue weighted by Crippen LogP contribution is 2.21. The number of amides is 1. The van der Waals surface area contributed by atoms with Crippen LogP contribution in [-0.4, -0.2) is 31.0 Å². The highest BCUT2D eigenvalue weighted by atomic mass is 16.6. The van der Waals surface area contributed by atoms with Crippen molar-refractivity contribution in [2.24, 2.45) is 0 Å². The Hall–Kier alpha value is -4.21. The molecule has 138 valence electrons. The van der Waals surface area contributed by atoms with Crippen LogP contribution in [0.15, 0.2) is 61.2 Å². The lowest BCUT2D eigenvalue weighted by Crippen LogP contribution is -2.12. The van der Waals surface area contributed by atoms with Crippen LogP contribution in [0, 0.1) is 10.1 Å². The first kappa shape index (κ1) is 19.1. The average Bonchev–Trinajstić information content (AvgIpc) is 2.66. The van der Waals surface area contributed by atoms with Crippen molar-refractivity contribution in [3.05, 3.63) is 76.9 Å². The number of non-ortho nitro benzene ring substituents is 1. The summed E-state index contributed by atoms with van der Waals surface area (Å²) in [5.41, 5.74) is 5.73. The summed E-state index contributed by atoms with van der Waals surface area (Å²) in [5, 5.41) is 31.3. The third kappa shape index (κ3) is 5.39. The van der Waals surface area contributed by atoms with Crippen molar-refractivity contribution in [3.8, 4) is 11.5 Å². The van der Waals surface area contributed by atoms with Gasteiger partial charge >= 0.3 is 0 Å². The van der Waals surface area contributed by atoms with E-state index < -0.39 is 10.8 Å². The summed E-state index contributed by atoms with van der Waals surface area (Å²) in [6.45, 7) is 0. The van der Waals surface area contributed by atoms with Crippen molar-refractivity contribution in [2.45, 2.75) is 0 Å². The monoisotopic (exact) mass is 369 g/mol. The molecule has 0 saturated heterocycles. The van der Waals surface area contributed by atoms with Gasteiger partial charge in [0.15, 0.2) is 11.5 Å². The van der Waals surface area contributed by atoms with Crippen molar-refractivity contribution in [2.75, 3.05) is 11.1 Å². The Bertz CT molecular complexity index is 943. The van der Waals surface area contributed by atoms with Gasteiger partial charge in [-0.05, 0) is 18.2 Å². The Labute approximate surface area is 153 Å². The molecule has 3 aromatic rings. The molecule has 10 heteroatoms. The predicted octanol–water partition coefficient (Wildman–Crippen LogP) is 2.32. The molecule has 0 saturated carbocycles. The van der Waals surface area contributed by atoms with E-state index in [0.29, 0.717) is 5.69 Å². The van der Waals surface area contributed by atoms with Crippen molar-refractivity contribution in [1.29, 1.82) is 0 Å². The molecule has 1 aromatic carbocycles. The lowest BCUT2D eigenvalue weighted by Gasteiger charge is -2.06. The topological polar surface area (TPSA) is 165 Å². The standard InChI is InChI=1S/C12H9N3O4.C5H6N2O/c16-11-7-13-5-4-10(11)14-12(17)8-2-1-3-9(6-8)15(18)19;6-4-1-2-7-3-5(4)8/h1-7,16H,(H,13,14,17);1-3,8H,(H2,6,7). The number of aromatic nitrogens is 2. The molecule has 3 rings (SSSR count). The first-order valence-corrected chi connectivity index (χ1v) is 7.45. The number of nitrogens with two attached hydrogens (primary N) is 1. The summed E-state index contributed by atoms with van der Waals surface area (Å²) in [6, 6.07) is 8.27. The number of anilines is 2. The van der Waals surface area contributed by atoms with E-state index in [4.69, 9.17) is 10.8 Å². The second kappa shape index (κ2) is 8.76. The highest BCUT2D eigenvalue weighted by molar-refractivity contribution is 6.05. The Kier molecular flexibility index (Phi) is 6.20. The number of nitro groups is 1. The minimum Gasteiger partial charge on any atom is -0.504 e. The Morgan fingerprint density at radius 2 is 1.74 bits per heavy atom. The summed E-state index contributed by atoms with van der Waals surface area (Å²) in [4.78, 5) is 29.2. The maximum Gasteiger partial charge on any atom is 0.270 e. The number of hydrogen-bond acceptors (Lipinski definition) is 8. The number of nitrogens with one attached hydrogen (secondary N) is 1. The van der Waals surface area contributed by atoms with E-state index in [2.05, 4.69) is 15.3 Å². The van der Waals surface area contributed by atoms with Gasteiger partial charge in [0.05, 0.1) is 28.7 Å². The molecule has 10 nitrogen and oxygen atoms in total. The van der Waals surface area contributed by atoms with Crippen LogP contribution in [0.4, 0.5) is 17.1 Å². The normalized spacial score (nSPS) is 9.63. The summed E-state index contributed by atoms with van der Waals surface area (Å²) < 4.78 is 0. The van der Waals surface area contributed by atoms with E-state index in [-0.39, 0.29) is 28.4 Å². The molecule has 2 heterocycles. The quantitative estimate of drug-likeness (QED) is 0.403. The molecular formula is C17H15N5O5. The number of nitro benzene ring substituents is 1. The number of nitrogens with zero attached hydrogens (tertiary/aromatic N) is 3. The van der Waals surface area contributed by atoms with Crippen LogP contribution in [0.1, 0.15) is 10.4 Å². The number of carbonyl (C=O) groups is 1. The van der Waals surface area contributed by atoms with Crippen LogP contribution in [-0.2, 0) is 0 Å². The molecule has 5 N–H and O–H groups in total. The number of pyridine rings is 2. The summed E-state index contributed by atoms with van der Waals surface area (Å²) in [7, 11) is 0. The van der Waals surface area contributed by atoms with Crippen LogP contribution in [0.5, 0.6) is 11.5 Å². The molecule has 0 unspecified atom stereocenters. The van der Waals surface area contributed by atoms with Gasteiger partial charge in [0.25, 0.3) is 11.6 Å². The molecule has 0 spiro atoms. The van der Waals surface area contributed by atoms with Crippen LogP contribution in [0.25, 0.3) is 0 Å². The van der Waals surface area contributed by atoms with Gasteiger partial charge in [0.1, 0.15) is 0 Å². The molecule has 0 aliphatic heterocycles. The van der Waals surface area contributed by atoms with Gasteiger partial charge in [-0.15, -0.1) is 0 Å². The van der Waals surface area contributed by atoms with Crippen molar-refractivity contribution < 1.29 is 19.9 Å². The number of nitrogen functional groups attached to an aromatic ring is 1. The zero-order valence-electron chi connectivity index (χ0n) is 13.8. The second-order valence-corrected chi connectivity index (χ2v) is 5.09. The van der Waals surface area contributed by atoms with E-state index in [0.717, 1.165) is 6.07 Å². The lowest BCUT2D eigenvalue weighted by atomic mass is 10.2. The molecular weight excluding hydrogens is 354 g/mol. The van der Waals surface area contributed by atoms with Crippen LogP contribution in [0.3, 0.4) is 0 Å². The number of benzene rings is 1. The molecule has 1 amide bonds. The summed E-state index contributed by atoms with van der Waals surface area (Å²) >= 11 is 0. The van der Waals surface area contributed by atoms with Gasteiger partial charge in [-0.3, -0.25) is 24.9 Å². The van der Waals surface area contributed by atoms with Crippen LogP contribution < -0.4 is 11.1 Å². The van der Waals surface area contributed by atoms with Crippen LogP contribution >= 0.6 is 0 Å². The molecule has 2 aromatic heterocycles. The average molecular weight is 369 g/mol. The molecule has 0 atom stereocenters. The molecule has 0 aliphatic carbocycles. The van der Waals surface area contributed by atoms with Crippen molar-refractivity contribution in [1.82, 2.24) is 9.97 Å². The molecule has 0 radical (unpaired) electrons. The summed E-state index contributed by atoms with van der Waals surface area (Å²) in [6.07, 6.45) is 5.41. The van der Waals surface area contributed by atoms with Gasteiger partial charge in [-0.25, -0.2) is 0 Å². The largest absolute Gasteiger partial charge is 0.504 e. The molecule has 0 aliphatic rings. The lowest BCUT2D eigenvalue weighted by molar-refractivity contribution is -0.384. The third-order valence-corrected chi connectivity index (χ3v) is 3.20. The fourth-order valence-corrected chi connectivity index (χ4v) is 1.84. The van der Waals surface area contributed by atoms with Gasteiger partial charge in [0.2, 0.25) is 0 Å². The summed E-state index contributed by atoms with van der Waals surface area (Å²) in [5.74, 6) is -0.695. The van der Waals surface area contributed by atoms with E-state index >= 15 is 0 Å². The Morgan fingerprint density at radius 3 is 2.30 bits per heavy atom. The van der Waals surface area contributed by atoms with E-state index in [9.17, 15) is 20.0 Å². The van der Waals surface area contributed by atoms with E-state index in [1.807, 2.05) is 0 Å². The Balaban J connectivity index is 0.000000273. The molecule has 0 bridgehead atoms. The number of carbonyl (C=O) groups excluding carboxylic acids is 1. The van der Waals surface area contributed by atoms with Gasteiger partial charge < -0.3 is 21.3 Å². The Morgan fingerprint density at radius 1 is 1.07 bits per heavy atom. The SMILES string of the molecule is Nc1ccncc1O.O=C(Nc1ccncc1O)c1cccc([N+](=O)[O-])c1. The van der Waals surface area contributed by atoms with Crippen LogP contribution in [0.2, 0.25) is 0 Å². The minimum atomic E-state index is -0.583. The van der Waals surface area contributed by atoms with Gasteiger partial charge in [0, 0.05) is 30.1 Å². The zero-order valence-corrected chi connectivity index (χ0v) is 13.8. The number of rotatable bonds is 3. The first-order chi connectivity index (χ1) is 12.9. The molecule has 27 heavy (non-hydrogen) atoms. The van der Waals surface area contributed by atoms with E-state index in [1.54, 1.807) is 0 Å². The maximum atomic E-state index is 11.9. The maximum absolute atomic E-state index is 11.9. The van der Waals surface area contributed by atoms with E-state index in [1.165, 1.54) is 55.1 Å². The number of hydrogen-bond donors (Lipinski definition) is 4. The number of aromatic hydroxyl groups is 2. The first-order valence-electron chi connectivity index (χ1n) is 7.45.